The number of aryl methyl sites for hydroxylation is 1. The molecule has 1 aromatic heterocycles. The fourth-order valence-electron chi connectivity index (χ4n) is 2.58. The second-order valence-corrected chi connectivity index (χ2v) is 5.17. The minimum atomic E-state index is 0.916. The zero-order valence-corrected chi connectivity index (χ0v) is 8.86. The second-order valence-electron chi connectivity index (χ2n) is 4.07. The summed E-state index contributed by atoms with van der Waals surface area (Å²) in [4.78, 5) is 2.83. The minimum absolute atomic E-state index is 0.916. The molecule has 0 unspecified atom stereocenters. The lowest BCUT2D eigenvalue weighted by molar-refractivity contribution is 0.318. The molecule has 2 nitrogen and oxygen atoms in total. The molecular weight excluding hydrogens is 194 g/mol. The van der Waals surface area contributed by atoms with E-state index in [2.05, 4.69) is 5.16 Å². The molecule has 0 spiro atoms. The lowest BCUT2D eigenvalue weighted by Gasteiger charge is -2.11. The van der Waals surface area contributed by atoms with Crippen LogP contribution in [0.15, 0.2) is 5.16 Å². The van der Waals surface area contributed by atoms with Gasteiger partial charge in [0, 0.05) is 4.88 Å². The van der Waals surface area contributed by atoms with Crippen molar-refractivity contribution in [2.24, 2.45) is 5.16 Å². The zero-order chi connectivity index (χ0) is 9.54. The fraction of sp³-hybridized carbons (Fsp3) is 0.545. The smallest absolute Gasteiger partial charge is 0.0973 e. The molecule has 2 aliphatic rings. The summed E-state index contributed by atoms with van der Waals surface area (Å²) >= 11 is 1.87. The molecule has 0 fully saturated rings. The van der Waals surface area contributed by atoms with Crippen molar-refractivity contribution >= 4 is 17.0 Å². The highest BCUT2D eigenvalue weighted by molar-refractivity contribution is 7.14. The summed E-state index contributed by atoms with van der Waals surface area (Å²) in [5.41, 5.74) is 4.01. The Kier molecular flexibility index (Phi) is 1.87. The average Bonchev–Trinajstić information content (AvgIpc) is 2.75. The number of nitrogens with zero attached hydrogens (tertiary/aromatic N) is 1. The van der Waals surface area contributed by atoms with Gasteiger partial charge in [0.2, 0.25) is 0 Å². The third-order valence-corrected chi connectivity index (χ3v) is 4.66. The van der Waals surface area contributed by atoms with Gasteiger partial charge in [-0.3, -0.25) is 0 Å². The van der Waals surface area contributed by atoms with Gasteiger partial charge in [-0.1, -0.05) is 5.16 Å². The molecule has 0 amide bonds. The second kappa shape index (κ2) is 3.09. The van der Waals surface area contributed by atoms with Crippen molar-refractivity contribution in [3.8, 4) is 0 Å². The predicted octanol–water partition coefficient (Wildman–Crippen LogP) is 2.75. The molecule has 0 atom stereocenters. The van der Waals surface area contributed by atoms with Gasteiger partial charge in [-0.15, -0.1) is 11.3 Å². The first-order chi connectivity index (χ1) is 6.90. The third-order valence-electron chi connectivity index (χ3n) is 3.28. The first-order valence-corrected chi connectivity index (χ1v) is 6.06. The Morgan fingerprint density at radius 1 is 1.00 bits per heavy atom. The van der Waals surface area contributed by atoms with Gasteiger partial charge in [-0.25, -0.2) is 0 Å². The summed E-state index contributed by atoms with van der Waals surface area (Å²) < 4.78 is 0. The van der Waals surface area contributed by atoms with Gasteiger partial charge in [-0.05, 0) is 49.7 Å². The highest BCUT2D eigenvalue weighted by atomic mass is 32.1. The van der Waals surface area contributed by atoms with Gasteiger partial charge in [0.25, 0.3) is 0 Å². The van der Waals surface area contributed by atoms with Gasteiger partial charge in [0.15, 0.2) is 0 Å². The van der Waals surface area contributed by atoms with E-state index < -0.39 is 0 Å². The fourth-order valence-corrected chi connectivity index (χ4v) is 4.03. The molecule has 2 aliphatic carbocycles. The Morgan fingerprint density at radius 2 is 1.86 bits per heavy atom. The van der Waals surface area contributed by atoms with E-state index in [0.29, 0.717) is 0 Å². The van der Waals surface area contributed by atoms with Crippen LogP contribution in [0.2, 0.25) is 0 Å². The number of thiophene rings is 1. The summed E-state index contributed by atoms with van der Waals surface area (Å²) in [5.74, 6) is 0. The van der Waals surface area contributed by atoms with E-state index in [1.165, 1.54) is 36.1 Å². The Labute approximate surface area is 87.3 Å². The molecule has 0 radical (unpaired) electrons. The normalized spacial score (nSPS) is 22.4. The van der Waals surface area contributed by atoms with Crippen LogP contribution < -0.4 is 0 Å². The predicted molar refractivity (Wildman–Crippen MR) is 57.6 cm³/mol. The molecule has 1 N–H and O–H groups in total. The van der Waals surface area contributed by atoms with Crippen LogP contribution >= 0.6 is 11.3 Å². The van der Waals surface area contributed by atoms with Crippen molar-refractivity contribution in [1.82, 2.24) is 0 Å². The Morgan fingerprint density at radius 3 is 2.71 bits per heavy atom. The number of fused-ring (bicyclic) bond motifs is 3. The third kappa shape index (κ3) is 1.05. The lowest BCUT2D eigenvalue weighted by Crippen LogP contribution is -2.00. The van der Waals surface area contributed by atoms with E-state index in [4.69, 9.17) is 5.21 Å². The zero-order valence-electron chi connectivity index (χ0n) is 8.05. The molecule has 0 aromatic carbocycles. The molecule has 0 saturated carbocycles. The van der Waals surface area contributed by atoms with Gasteiger partial charge in [0.1, 0.15) is 0 Å². The highest BCUT2D eigenvalue weighted by Gasteiger charge is 2.27. The lowest BCUT2D eigenvalue weighted by atomic mass is 9.95. The molecule has 1 aromatic rings. The number of oxime groups is 1. The Hall–Kier alpha value is -0.830. The van der Waals surface area contributed by atoms with Crippen LogP contribution in [0.3, 0.4) is 0 Å². The maximum atomic E-state index is 8.87. The van der Waals surface area contributed by atoms with Crippen molar-refractivity contribution in [3.05, 3.63) is 20.9 Å². The monoisotopic (exact) mass is 207 g/mol. The molecule has 3 rings (SSSR count). The Balaban J connectivity index is 2.15. The van der Waals surface area contributed by atoms with Crippen molar-refractivity contribution in [2.45, 2.75) is 38.5 Å². The SMILES string of the molecule is ON=C1CCc2c1sc1c2CCCC1. The summed E-state index contributed by atoms with van der Waals surface area (Å²) in [6.45, 7) is 0. The number of hydrogen-bond acceptors (Lipinski definition) is 3. The average molecular weight is 207 g/mol. The molecule has 74 valence electrons. The van der Waals surface area contributed by atoms with Crippen LogP contribution in [-0.2, 0) is 19.3 Å². The molecule has 0 aliphatic heterocycles. The summed E-state index contributed by atoms with van der Waals surface area (Å²) in [7, 11) is 0. The molecule has 14 heavy (non-hydrogen) atoms. The van der Waals surface area contributed by atoms with Gasteiger partial charge in [-0.2, -0.15) is 0 Å². The van der Waals surface area contributed by atoms with E-state index in [0.717, 1.165) is 18.6 Å². The summed E-state index contributed by atoms with van der Waals surface area (Å²) in [6, 6.07) is 0. The molecule has 3 heteroatoms. The van der Waals surface area contributed by atoms with E-state index in [9.17, 15) is 0 Å². The van der Waals surface area contributed by atoms with Gasteiger partial charge >= 0.3 is 0 Å². The largest absolute Gasteiger partial charge is 0.411 e. The van der Waals surface area contributed by atoms with Gasteiger partial charge in [0.05, 0.1) is 10.6 Å². The van der Waals surface area contributed by atoms with Crippen LogP contribution in [0, 0.1) is 0 Å². The summed E-state index contributed by atoms with van der Waals surface area (Å²) in [5, 5.41) is 12.3. The van der Waals surface area contributed by atoms with Crippen molar-refractivity contribution in [1.29, 1.82) is 0 Å². The molecule has 0 saturated heterocycles. The number of hydrogen-bond donors (Lipinski definition) is 1. The van der Waals surface area contributed by atoms with Crippen LogP contribution in [0.5, 0.6) is 0 Å². The molecule has 1 heterocycles. The minimum Gasteiger partial charge on any atom is -0.411 e. The maximum Gasteiger partial charge on any atom is 0.0973 e. The van der Waals surface area contributed by atoms with Crippen LogP contribution in [0.1, 0.15) is 40.1 Å². The van der Waals surface area contributed by atoms with E-state index >= 15 is 0 Å². The number of rotatable bonds is 0. The van der Waals surface area contributed by atoms with E-state index in [-0.39, 0.29) is 0 Å². The Bertz CT molecular complexity index is 406. The van der Waals surface area contributed by atoms with E-state index in [1.54, 1.807) is 10.4 Å². The first kappa shape index (κ1) is 8.48. The maximum absolute atomic E-state index is 8.87. The molecular formula is C11H13NOS. The highest BCUT2D eigenvalue weighted by Crippen LogP contribution is 2.39. The topological polar surface area (TPSA) is 32.6 Å². The van der Waals surface area contributed by atoms with Crippen molar-refractivity contribution < 1.29 is 5.21 Å². The van der Waals surface area contributed by atoms with E-state index in [1.807, 2.05) is 11.3 Å². The van der Waals surface area contributed by atoms with Crippen LogP contribution in [0.25, 0.3) is 0 Å². The van der Waals surface area contributed by atoms with Crippen molar-refractivity contribution in [2.75, 3.05) is 0 Å². The first-order valence-electron chi connectivity index (χ1n) is 5.25. The quantitative estimate of drug-likeness (QED) is 0.515. The summed E-state index contributed by atoms with van der Waals surface area (Å²) in [6.07, 6.45) is 7.19. The molecule has 0 bridgehead atoms. The van der Waals surface area contributed by atoms with Crippen LogP contribution in [-0.4, -0.2) is 10.9 Å². The van der Waals surface area contributed by atoms with Gasteiger partial charge < -0.3 is 5.21 Å². The standard InChI is InChI=1S/C11H13NOS/c13-12-9-6-5-8-7-3-1-2-4-10(7)14-11(8)9/h13H,1-6H2. The van der Waals surface area contributed by atoms with Crippen LogP contribution in [0.4, 0.5) is 0 Å². The van der Waals surface area contributed by atoms with Crippen molar-refractivity contribution in [3.63, 3.8) is 0 Å².